The van der Waals surface area contributed by atoms with Crippen molar-refractivity contribution in [3.05, 3.63) is 35.4 Å². The predicted octanol–water partition coefficient (Wildman–Crippen LogP) is 2.03. The fraction of sp³-hybridized carbons (Fsp3) is 0.462. The van der Waals surface area contributed by atoms with Gasteiger partial charge in [-0.1, -0.05) is 18.2 Å². The van der Waals surface area contributed by atoms with Gasteiger partial charge in [-0.2, -0.15) is 13.2 Å². The van der Waals surface area contributed by atoms with E-state index in [2.05, 4.69) is 5.32 Å². The minimum absolute atomic E-state index is 0.0416. The van der Waals surface area contributed by atoms with Crippen molar-refractivity contribution in [2.75, 3.05) is 13.6 Å². The van der Waals surface area contributed by atoms with Gasteiger partial charge in [0, 0.05) is 20.1 Å². The van der Waals surface area contributed by atoms with E-state index in [-0.39, 0.29) is 24.1 Å². The molecule has 1 heterocycles. The number of likely N-dealkylation sites (tertiary alicyclic amines) is 1. The number of alkyl halides is 3. The van der Waals surface area contributed by atoms with Crippen LogP contribution in [0.25, 0.3) is 0 Å². The number of amides is 1. The van der Waals surface area contributed by atoms with Gasteiger partial charge < -0.3 is 10.2 Å². The lowest BCUT2D eigenvalue weighted by molar-refractivity contribution is -0.138. The van der Waals surface area contributed by atoms with E-state index in [9.17, 15) is 18.0 Å². The Morgan fingerprint density at radius 1 is 1.37 bits per heavy atom. The standard InChI is InChI=1S/C13H15F3N2O/c1-18-7-6-11(12(18)19)17-8-9-4-2-3-5-10(9)13(14,15)16/h2-5,11,17H,6-8H2,1H3. The van der Waals surface area contributed by atoms with Gasteiger partial charge in [0.15, 0.2) is 0 Å². The lowest BCUT2D eigenvalue weighted by atomic mass is 10.1. The molecule has 1 amide bonds. The molecule has 1 aromatic rings. The van der Waals surface area contributed by atoms with Crippen LogP contribution in [0.2, 0.25) is 0 Å². The molecule has 1 saturated heterocycles. The zero-order valence-corrected chi connectivity index (χ0v) is 10.5. The van der Waals surface area contributed by atoms with Gasteiger partial charge >= 0.3 is 6.18 Å². The average molecular weight is 272 g/mol. The number of halogens is 3. The third kappa shape index (κ3) is 3.07. The van der Waals surface area contributed by atoms with Crippen molar-refractivity contribution in [2.45, 2.75) is 25.2 Å². The Kier molecular flexibility index (Phi) is 3.80. The summed E-state index contributed by atoms with van der Waals surface area (Å²) in [5.74, 6) is -0.0653. The summed E-state index contributed by atoms with van der Waals surface area (Å²) in [5, 5.41) is 2.90. The summed E-state index contributed by atoms with van der Waals surface area (Å²) in [7, 11) is 1.69. The van der Waals surface area contributed by atoms with Crippen LogP contribution >= 0.6 is 0 Å². The van der Waals surface area contributed by atoms with E-state index in [1.165, 1.54) is 12.1 Å². The highest BCUT2D eigenvalue weighted by Crippen LogP contribution is 2.31. The number of hydrogen-bond acceptors (Lipinski definition) is 2. The molecule has 3 nitrogen and oxygen atoms in total. The third-order valence-corrected chi connectivity index (χ3v) is 3.29. The van der Waals surface area contributed by atoms with Gasteiger partial charge in [-0.15, -0.1) is 0 Å². The Bertz CT molecular complexity index is 473. The van der Waals surface area contributed by atoms with Gasteiger partial charge in [0.25, 0.3) is 0 Å². The number of nitrogens with one attached hydrogen (secondary N) is 1. The van der Waals surface area contributed by atoms with E-state index in [1.807, 2.05) is 0 Å². The van der Waals surface area contributed by atoms with Crippen molar-refractivity contribution < 1.29 is 18.0 Å². The normalized spacial score (nSPS) is 20.1. The van der Waals surface area contributed by atoms with E-state index in [1.54, 1.807) is 18.0 Å². The molecule has 1 atom stereocenters. The Morgan fingerprint density at radius 2 is 2.05 bits per heavy atom. The van der Waals surface area contributed by atoms with Crippen molar-refractivity contribution >= 4 is 5.91 Å². The van der Waals surface area contributed by atoms with Crippen LogP contribution in [0.3, 0.4) is 0 Å². The van der Waals surface area contributed by atoms with Crippen molar-refractivity contribution in [2.24, 2.45) is 0 Å². The third-order valence-electron chi connectivity index (χ3n) is 3.29. The maximum absolute atomic E-state index is 12.8. The molecule has 0 bridgehead atoms. The van der Waals surface area contributed by atoms with Crippen LogP contribution < -0.4 is 5.32 Å². The van der Waals surface area contributed by atoms with Gasteiger partial charge in [-0.3, -0.25) is 4.79 Å². The number of carbonyl (C=O) groups excluding carboxylic acids is 1. The molecule has 6 heteroatoms. The zero-order chi connectivity index (χ0) is 14.0. The van der Waals surface area contributed by atoms with E-state index in [4.69, 9.17) is 0 Å². The van der Waals surface area contributed by atoms with E-state index >= 15 is 0 Å². The summed E-state index contributed by atoms with van der Waals surface area (Å²) in [5.41, 5.74) is -0.487. The lowest BCUT2D eigenvalue weighted by Crippen LogP contribution is -2.36. The van der Waals surface area contributed by atoms with E-state index in [0.29, 0.717) is 13.0 Å². The van der Waals surface area contributed by atoms with E-state index < -0.39 is 11.7 Å². The maximum atomic E-state index is 12.8. The Morgan fingerprint density at radius 3 is 2.63 bits per heavy atom. The van der Waals surface area contributed by atoms with Gasteiger partial charge in [0.2, 0.25) is 5.91 Å². The SMILES string of the molecule is CN1CCC(NCc2ccccc2C(F)(F)F)C1=O. The number of nitrogens with zero attached hydrogens (tertiary/aromatic N) is 1. The smallest absolute Gasteiger partial charge is 0.344 e. The predicted molar refractivity (Wildman–Crippen MR) is 64.3 cm³/mol. The highest BCUT2D eigenvalue weighted by atomic mass is 19.4. The Labute approximate surface area is 109 Å². The fourth-order valence-corrected chi connectivity index (χ4v) is 2.20. The van der Waals surface area contributed by atoms with Gasteiger partial charge in [0.05, 0.1) is 11.6 Å². The van der Waals surface area contributed by atoms with Crippen LogP contribution in [0.5, 0.6) is 0 Å². The second kappa shape index (κ2) is 5.21. The monoisotopic (exact) mass is 272 g/mol. The summed E-state index contributed by atoms with van der Waals surface area (Å²) < 4.78 is 38.4. The molecule has 0 radical (unpaired) electrons. The van der Waals surface area contributed by atoms with Crippen LogP contribution in [0.4, 0.5) is 13.2 Å². The lowest BCUT2D eigenvalue weighted by Gasteiger charge is -2.15. The average Bonchev–Trinajstić information content (AvgIpc) is 2.67. The molecule has 1 unspecified atom stereocenters. The largest absolute Gasteiger partial charge is 0.416 e. The number of hydrogen-bond donors (Lipinski definition) is 1. The summed E-state index contributed by atoms with van der Waals surface area (Å²) in [6, 6.07) is 5.03. The first-order valence-corrected chi connectivity index (χ1v) is 6.03. The summed E-state index contributed by atoms with van der Waals surface area (Å²) in [4.78, 5) is 13.2. The minimum atomic E-state index is -4.37. The summed E-state index contributed by atoms with van der Waals surface area (Å²) >= 11 is 0. The molecule has 19 heavy (non-hydrogen) atoms. The number of benzene rings is 1. The molecule has 2 rings (SSSR count). The molecule has 0 aliphatic carbocycles. The molecular formula is C13H15F3N2O. The second-order valence-corrected chi connectivity index (χ2v) is 4.64. The molecular weight excluding hydrogens is 257 g/mol. The molecule has 1 fully saturated rings. The van der Waals surface area contributed by atoms with Crippen LogP contribution in [0, 0.1) is 0 Å². The number of carbonyl (C=O) groups is 1. The molecule has 104 valence electrons. The molecule has 0 aromatic heterocycles. The highest BCUT2D eigenvalue weighted by Gasteiger charge is 2.33. The molecule has 0 saturated carbocycles. The summed E-state index contributed by atoms with van der Waals surface area (Å²) in [6.45, 7) is 0.678. The van der Waals surface area contributed by atoms with Crippen LogP contribution in [-0.2, 0) is 17.5 Å². The minimum Gasteiger partial charge on any atom is -0.344 e. The fourth-order valence-electron chi connectivity index (χ4n) is 2.20. The first-order valence-electron chi connectivity index (χ1n) is 6.03. The molecule has 0 spiro atoms. The Balaban J connectivity index is 2.06. The van der Waals surface area contributed by atoms with Gasteiger partial charge in [0.1, 0.15) is 0 Å². The molecule has 1 N–H and O–H groups in total. The van der Waals surface area contributed by atoms with Crippen LogP contribution in [0.1, 0.15) is 17.5 Å². The number of rotatable bonds is 3. The van der Waals surface area contributed by atoms with Crippen molar-refractivity contribution in [1.29, 1.82) is 0 Å². The first-order chi connectivity index (χ1) is 8.89. The molecule has 1 aliphatic rings. The quantitative estimate of drug-likeness (QED) is 0.913. The van der Waals surface area contributed by atoms with Crippen molar-refractivity contribution in [3.63, 3.8) is 0 Å². The van der Waals surface area contributed by atoms with Crippen molar-refractivity contribution in [1.82, 2.24) is 10.2 Å². The topological polar surface area (TPSA) is 32.3 Å². The summed E-state index contributed by atoms with van der Waals surface area (Å²) in [6.07, 6.45) is -3.74. The zero-order valence-electron chi connectivity index (χ0n) is 10.5. The van der Waals surface area contributed by atoms with E-state index in [0.717, 1.165) is 6.07 Å². The first kappa shape index (κ1) is 13.9. The maximum Gasteiger partial charge on any atom is 0.416 e. The molecule has 1 aromatic carbocycles. The van der Waals surface area contributed by atoms with Crippen LogP contribution in [0.15, 0.2) is 24.3 Å². The van der Waals surface area contributed by atoms with Crippen LogP contribution in [-0.4, -0.2) is 30.4 Å². The van der Waals surface area contributed by atoms with Crippen molar-refractivity contribution in [3.8, 4) is 0 Å². The second-order valence-electron chi connectivity index (χ2n) is 4.64. The van der Waals surface area contributed by atoms with Gasteiger partial charge in [-0.25, -0.2) is 0 Å². The number of likely N-dealkylation sites (N-methyl/N-ethyl adjacent to an activating group) is 1. The Hall–Kier alpha value is -1.56. The highest BCUT2D eigenvalue weighted by molar-refractivity contribution is 5.83. The van der Waals surface area contributed by atoms with Gasteiger partial charge in [-0.05, 0) is 18.1 Å². The molecule has 1 aliphatic heterocycles.